The molecule has 110 valence electrons. The summed E-state index contributed by atoms with van der Waals surface area (Å²) in [6.07, 6.45) is -0.705. The van der Waals surface area contributed by atoms with E-state index in [1.165, 1.54) is 13.0 Å². The summed E-state index contributed by atoms with van der Waals surface area (Å²) in [4.78, 5) is 21.2. The van der Waals surface area contributed by atoms with E-state index in [-0.39, 0.29) is 5.56 Å². The van der Waals surface area contributed by atoms with Crippen molar-refractivity contribution in [1.82, 2.24) is 4.72 Å². The fourth-order valence-electron chi connectivity index (χ4n) is 1.49. The number of halogens is 1. The van der Waals surface area contributed by atoms with Crippen LogP contribution < -0.4 is 10.5 Å². The Labute approximate surface area is 114 Å². The molecule has 0 saturated carbocycles. The Morgan fingerprint density at radius 2 is 2.05 bits per heavy atom. The number of amides is 1. The molecule has 0 aliphatic rings. The molecule has 0 bridgehead atoms. The van der Waals surface area contributed by atoms with Crippen molar-refractivity contribution in [1.29, 1.82) is 0 Å². The van der Waals surface area contributed by atoms with Gasteiger partial charge in [0.15, 0.2) is 0 Å². The number of carbonyl (C=O) groups is 2. The predicted molar refractivity (Wildman–Crippen MR) is 66.7 cm³/mol. The van der Waals surface area contributed by atoms with Crippen LogP contribution in [-0.2, 0) is 19.6 Å². The van der Waals surface area contributed by atoms with Crippen molar-refractivity contribution in [2.45, 2.75) is 24.3 Å². The summed E-state index contributed by atoms with van der Waals surface area (Å²) in [5, 5.41) is 8.85. The highest BCUT2D eigenvalue weighted by molar-refractivity contribution is 7.89. The lowest BCUT2D eigenvalue weighted by Gasteiger charge is -2.14. The van der Waals surface area contributed by atoms with E-state index in [4.69, 9.17) is 10.8 Å². The fraction of sp³-hybridized carbons (Fsp3) is 0.273. The molecule has 1 rings (SSSR count). The molecule has 0 spiro atoms. The van der Waals surface area contributed by atoms with Crippen LogP contribution in [0, 0.1) is 12.7 Å². The molecule has 0 unspecified atom stereocenters. The number of primary amides is 1. The van der Waals surface area contributed by atoms with E-state index < -0.39 is 45.1 Å². The van der Waals surface area contributed by atoms with Crippen LogP contribution in [0.3, 0.4) is 0 Å². The van der Waals surface area contributed by atoms with Crippen LogP contribution in [0.15, 0.2) is 23.1 Å². The van der Waals surface area contributed by atoms with Gasteiger partial charge >= 0.3 is 5.97 Å². The van der Waals surface area contributed by atoms with Gasteiger partial charge in [0.1, 0.15) is 11.9 Å². The Balaban J connectivity index is 3.12. The van der Waals surface area contributed by atoms with Gasteiger partial charge < -0.3 is 10.8 Å². The van der Waals surface area contributed by atoms with E-state index in [9.17, 15) is 22.4 Å². The zero-order valence-electron chi connectivity index (χ0n) is 10.5. The van der Waals surface area contributed by atoms with Crippen molar-refractivity contribution < 1.29 is 27.5 Å². The molecule has 20 heavy (non-hydrogen) atoms. The summed E-state index contributed by atoms with van der Waals surface area (Å²) in [6.45, 7) is 1.43. The molecule has 0 saturated heterocycles. The number of nitrogens with one attached hydrogen (secondary N) is 1. The number of aryl methyl sites for hydroxylation is 1. The van der Waals surface area contributed by atoms with Crippen LogP contribution in [0.4, 0.5) is 4.39 Å². The third kappa shape index (κ3) is 4.00. The van der Waals surface area contributed by atoms with Crippen molar-refractivity contribution in [3.8, 4) is 0 Å². The molecule has 7 nitrogen and oxygen atoms in total. The highest BCUT2D eigenvalue weighted by atomic mass is 32.2. The predicted octanol–water partition coefficient (Wildman–Crippen LogP) is -0.259. The van der Waals surface area contributed by atoms with E-state index in [1.54, 1.807) is 0 Å². The number of carboxylic acid groups (broad SMARTS) is 1. The first kappa shape index (κ1) is 16.1. The average molecular weight is 304 g/mol. The van der Waals surface area contributed by atoms with E-state index in [2.05, 4.69) is 0 Å². The molecule has 1 amide bonds. The van der Waals surface area contributed by atoms with E-state index >= 15 is 0 Å². The first-order valence-corrected chi connectivity index (χ1v) is 6.91. The molecule has 0 aromatic heterocycles. The molecule has 4 N–H and O–H groups in total. The maximum absolute atomic E-state index is 13.1. The van der Waals surface area contributed by atoms with Crippen molar-refractivity contribution in [3.05, 3.63) is 29.6 Å². The largest absolute Gasteiger partial charge is 0.480 e. The number of aliphatic carboxylic acids is 1. The maximum Gasteiger partial charge on any atom is 0.322 e. The molecular weight excluding hydrogens is 291 g/mol. The third-order valence-electron chi connectivity index (χ3n) is 2.44. The zero-order chi connectivity index (χ0) is 15.5. The summed E-state index contributed by atoms with van der Waals surface area (Å²) < 4.78 is 38.9. The maximum atomic E-state index is 13.1. The highest BCUT2D eigenvalue weighted by Gasteiger charge is 2.28. The molecule has 0 aliphatic heterocycles. The topological polar surface area (TPSA) is 127 Å². The van der Waals surface area contributed by atoms with Gasteiger partial charge in [-0.25, -0.2) is 12.8 Å². The van der Waals surface area contributed by atoms with Crippen LogP contribution in [0.1, 0.15) is 12.0 Å². The Morgan fingerprint density at radius 1 is 1.45 bits per heavy atom. The molecule has 9 heteroatoms. The molecular formula is C11H13FN2O5S. The quantitative estimate of drug-likeness (QED) is 0.667. The Bertz CT molecular complexity index is 644. The van der Waals surface area contributed by atoms with Crippen LogP contribution in [0.5, 0.6) is 0 Å². The van der Waals surface area contributed by atoms with Crippen molar-refractivity contribution >= 4 is 21.9 Å². The Morgan fingerprint density at radius 3 is 2.55 bits per heavy atom. The minimum Gasteiger partial charge on any atom is -0.480 e. The van der Waals surface area contributed by atoms with E-state index in [1.807, 2.05) is 4.72 Å². The molecule has 0 heterocycles. The van der Waals surface area contributed by atoms with Crippen molar-refractivity contribution in [2.24, 2.45) is 5.73 Å². The van der Waals surface area contributed by atoms with Crippen LogP contribution in [0.2, 0.25) is 0 Å². The van der Waals surface area contributed by atoms with Gasteiger partial charge in [0, 0.05) is 0 Å². The average Bonchev–Trinajstić information content (AvgIpc) is 2.30. The number of nitrogens with two attached hydrogens (primary N) is 1. The van der Waals surface area contributed by atoms with E-state index in [0.717, 1.165) is 12.1 Å². The standard InChI is InChI=1S/C11H13FN2O5S/c1-6-2-3-7(12)4-9(6)20(18,19)14-8(11(16)17)5-10(13)15/h2-4,8,14H,5H2,1H3,(H2,13,15)(H,16,17)/t8-/m1/s1. The minimum absolute atomic E-state index is 0.238. The third-order valence-corrected chi connectivity index (χ3v) is 4.05. The number of carboxylic acids is 1. The first-order chi connectivity index (χ1) is 9.13. The minimum atomic E-state index is -4.28. The number of carbonyl (C=O) groups excluding carboxylic acids is 1. The van der Waals surface area contributed by atoms with Gasteiger partial charge in [0.25, 0.3) is 0 Å². The summed E-state index contributed by atoms with van der Waals surface area (Å²) in [6, 6.07) is 1.38. The van der Waals surface area contributed by atoms with Gasteiger partial charge in [-0.3, -0.25) is 9.59 Å². The van der Waals surface area contributed by atoms with Gasteiger partial charge in [0.2, 0.25) is 15.9 Å². The SMILES string of the molecule is Cc1ccc(F)cc1S(=O)(=O)N[C@H](CC(N)=O)C(=O)O. The molecule has 1 aromatic carbocycles. The fourth-order valence-corrected chi connectivity index (χ4v) is 2.94. The second kappa shape index (κ2) is 5.97. The number of sulfonamides is 1. The molecule has 0 radical (unpaired) electrons. The Kier molecular flexibility index (Phi) is 4.79. The summed E-state index contributed by atoms with van der Waals surface area (Å²) >= 11 is 0. The van der Waals surface area contributed by atoms with E-state index in [0.29, 0.717) is 0 Å². The number of rotatable bonds is 6. The lowest BCUT2D eigenvalue weighted by atomic mass is 10.2. The lowest BCUT2D eigenvalue weighted by Crippen LogP contribution is -2.43. The molecule has 0 aliphatic carbocycles. The number of hydrogen-bond acceptors (Lipinski definition) is 4. The first-order valence-electron chi connectivity index (χ1n) is 5.43. The van der Waals surface area contributed by atoms with Gasteiger partial charge in [-0.1, -0.05) is 6.07 Å². The van der Waals surface area contributed by atoms with Crippen LogP contribution >= 0.6 is 0 Å². The van der Waals surface area contributed by atoms with Crippen molar-refractivity contribution in [2.75, 3.05) is 0 Å². The monoisotopic (exact) mass is 304 g/mol. The van der Waals surface area contributed by atoms with Crippen molar-refractivity contribution in [3.63, 3.8) is 0 Å². The second-order valence-corrected chi connectivity index (χ2v) is 5.77. The Hall–Kier alpha value is -2.00. The van der Waals surface area contributed by atoms with Gasteiger partial charge in [0.05, 0.1) is 11.3 Å². The lowest BCUT2D eigenvalue weighted by molar-refractivity contribution is -0.140. The number of hydrogen-bond donors (Lipinski definition) is 3. The summed E-state index contributed by atoms with van der Waals surface area (Å²) in [5.41, 5.74) is 5.08. The summed E-state index contributed by atoms with van der Waals surface area (Å²) in [7, 11) is -4.28. The molecule has 0 fully saturated rings. The van der Waals surface area contributed by atoms with Crippen LogP contribution in [0.25, 0.3) is 0 Å². The summed E-state index contributed by atoms with van der Waals surface area (Å²) in [5.74, 6) is -3.31. The van der Waals surface area contributed by atoms with Gasteiger partial charge in [-0.05, 0) is 24.6 Å². The second-order valence-electron chi connectivity index (χ2n) is 4.09. The van der Waals surface area contributed by atoms with Gasteiger partial charge in [-0.2, -0.15) is 4.72 Å². The van der Waals surface area contributed by atoms with Gasteiger partial charge in [-0.15, -0.1) is 0 Å². The normalized spacial score (nSPS) is 12.9. The number of benzene rings is 1. The molecule has 1 aromatic rings. The smallest absolute Gasteiger partial charge is 0.322 e. The highest BCUT2D eigenvalue weighted by Crippen LogP contribution is 2.17. The van der Waals surface area contributed by atoms with Crippen LogP contribution in [-0.4, -0.2) is 31.4 Å². The molecule has 1 atom stereocenters. The zero-order valence-corrected chi connectivity index (χ0v) is 11.3.